The molecule has 1 aromatic carbocycles. The summed E-state index contributed by atoms with van der Waals surface area (Å²) in [5.41, 5.74) is 1.53. The monoisotopic (exact) mass is 264 g/mol. The van der Waals surface area contributed by atoms with Crippen molar-refractivity contribution < 1.29 is 9.53 Å². The van der Waals surface area contributed by atoms with Crippen LogP contribution in [0.25, 0.3) is 0 Å². The zero-order valence-electron chi connectivity index (χ0n) is 12.7. The summed E-state index contributed by atoms with van der Waals surface area (Å²) in [6, 6.07) is 7.54. The number of esters is 1. The Morgan fingerprint density at radius 2 is 1.95 bits per heavy atom. The summed E-state index contributed by atoms with van der Waals surface area (Å²) in [7, 11) is 3.97. The van der Waals surface area contributed by atoms with E-state index in [0.717, 1.165) is 11.4 Å². The number of hydrogen-bond acceptors (Lipinski definition) is 4. The fourth-order valence-electron chi connectivity index (χ4n) is 1.57. The van der Waals surface area contributed by atoms with Crippen LogP contribution in [0.3, 0.4) is 0 Å². The fourth-order valence-corrected chi connectivity index (χ4v) is 1.57. The number of rotatable bonds is 4. The highest BCUT2D eigenvalue weighted by Crippen LogP contribution is 2.18. The Kier molecular flexibility index (Phi) is 4.81. The molecule has 0 aromatic heterocycles. The van der Waals surface area contributed by atoms with Crippen molar-refractivity contribution in [2.24, 2.45) is 0 Å². The molecule has 0 bridgehead atoms. The molecule has 19 heavy (non-hydrogen) atoms. The Morgan fingerprint density at radius 1 is 1.32 bits per heavy atom. The maximum atomic E-state index is 11.9. The second kappa shape index (κ2) is 5.95. The molecule has 0 saturated carbocycles. The van der Waals surface area contributed by atoms with Gasteiger partial charge in [-0.1, -0.05) is 6.07 Å². The van der Waals surface area contributed by atoms with Crippen molar-refractivity contribution in [1.82, 2.24) is 0 Å². The Bertz CT molecular complexity index is 436. The van der Waals surface area contributed by atoms with E-state index in [-0.39, 0.29) is 12.0 Å². The normalized spacial score (nSPS) is 12.7. The van der Waals surface area contributed by atoms with E-state index in [1.165, 1.54) is 0 Å². The average molecular weight is 264 g/mol. The molecule has 0 aliphatic rings. The van der Waals surface area contributed by atoms with Crippen LogP contribution in [0.5, 0.6) is 0 Å². The topological polar surface area (TPSA) is 41.6 Å². The van der Waals surface area contributed by atoms with E-state index in [1.54, 1.807) is 6.92 Å². The number of nitrogens with one attached hydrogen (secondary N) is 1. The lowest BCUT2D eigenvalue weighted by atomic mass is 10.2. The lowest BCUT2D eigenvalue weighted by Crippen LogP contribution is -2.34. The Labute approximate surface area is 115 Å². The molecule has 1 rings (SSSR count). The van der Waals surface area contributed by atoms with Gasteiger partial charge in [-0.25, -0.2) is 4.79 Å². The van der Waals surface area contributed by atoms with E-state index in [1.807, 2.05) is 64.0 Å². The molecule has 0 spiro atoms. The van der Waals surface area contributed by atoms with Crippen LogP contribution in [0.2, 0.25) is 0 Å². The zero-order chi connectivity index (χ0) is 14.6. The number of nitrogens with zero attached hydrogens (tertiary/aromatic N) is 1. The third kappa shape index (κ3) is 5.20. The molecule has 1 N–H and O–H groups in total. The van der Waals surface area contributed by atoms with Crippen molar-refractivity contribution in [3.63, 3.8) is 0 Å². The van der Waals surface area contributed by atoms with Crippen molar-refractivity contribution in [1.29, 1.82) is 0 Å². The van der Waals surface area contributed by atoms with Crippen molar-refractivity contribution in [3.8, 4) is 0 Å². The van der Waals surface area contributed by atoms with Crippen molar-refractivity contribution in [2.45, 2.75) is 39.3 Å². The van der Waals surface area contributed by atoms with E-state index in [2.05, 4.69) is 5.32 Å². The minimum absolute atomic E-state index is 0.247. The van der Waals surface area contributed by atoms with Crippen molar-refractivity contribution >= 4 is 17.3 Å². The summed E-state index contributed by atoms with van der Waals surface area (Å²) < 4.78 is 5.34. The lowest BCUT2D eigenvalue weighted by molar-refractivity contribution is -0.155. The molecule has 1 aromatic rings. The molecular weight excluding hydrogens is 240 g/mol. The van der Waals surface area contributed by atoms with Crippen LogP contribution in [-0.2, 0) is 9.53 Å². The molecule has 1 atom stereocenters. The molecule has 0 fully saturated rings. The van der Waals surface area contributed by atoms with Gasteiger partial charge >= 0.3 is 5.97 Å². The highest BCUT2D eigenvalue weighted by molar-refractivity contribution is 5.79. The van der Waals surface area contributed by atoms with Crippen LogP contribution in [-0.4, -0.2) is 31.7 Å². The Balaban J connectivity index is 2.69. The average Bonchev–Trinajstić information content (AvgIpc) is 2.27. The minimum Gasteiger partial charge on any atom is -0.458 e. The molecule has 0 amide bonds. The quantitative estimate of drug-likeness (QED) is 0.849. The van der Waals surface area contributed by atoms with Gasteiger partial charge in [0, 0.05) is 25.5 Å². The highest BCUT2D eigenvalue weighted by atomic mass is 16.6. The van der Waals surface area contributed by atoms with Crippen LogP contribution >= 0.6 is 0 Å². The fraction of sp³-hybridized carbons (Fsp3) is 0.533. The molecule has 4 nitrogen and oxygen atoms in total. The summed E-state index contributed by atoms with van der Waals surface area (Å²) >= 11 is 0. The first-order valence-corrected chi connectivity index (χ1v) is 6.46. The summed E-state index contributed by atoms with van der Waals surface area (Å²) in [5, 5.41) is 3.16. The number of carbonyl (C=O) groups excluding carboxylic acids is 1. The van der Waals surface area contributed by atoms with E-state index in [0.29, 0.717) is 0 Å². The molecule has 4 heteroatoms. The first-order chi connectivity index (χ1) is 8.69. The van der Waals surface area contributed by atoms with Crippen LogP contribution in [0.1, 0.15) is 27.7 Å². The molecule has 0 aliphatic heterocycles. The van der Waals surface area contributed by atoms with E-state index >= 15 is 0 Å². The highest BCUT2D eigenvalue weighted by Gasteiger charge is 2.21. The molecule has 0 heterocycles. The predicted octanol–water partition coefficient (Wildman–Crippen LogP) is 2.89. The number of benzene rings is 1. The molecule has 0 saturated heterocycles. The van der Waals surface area contributed by atoms with Gasteiger partial charge in [0.05, 0.1) is 0 Å². The second-order valence-electron chi connectivity index (χ2n) is 5.84. The maximum absolute atomic E-state index is 11.9. The second-order valence-corrected chi connectivity index (χ2v) is 5.84. The smallest absolute Gasteiger partial charge is 0.328 e. The van der Waals surface area contributed by atoms with Gasteiger partial charge in [-0.3, -0.25) is 0 Å². The maximum Gasteiger partial charge on any atom is 0.328 e. The molecule has 0 aliphatic carbocycles. The molecular formula is C15H24N2O2. The van der Waals surface area contributed by atoms with Crippen molar-refractivity contribution in [3.05, 3.63) is 24.3 Å². The predicted molar refractivity (Wildman–Crippen MR) is 79.7 cm³/mol. The summed E-state index contributed by atoms with van der Waals surface area (Å²) in [5.74, 6) is -0.247. The minimum atomic E-state index is -0.460. The Hall–Kier alpha value is -1.71. The first kappa shape index (κ1) is 15.3. The van der Waals surface area contributed by atoms with E-state index < -0.39 is 5.60 Å². The molecule has 106 valence electrons. The summed E-state index contributed by atoms with van der Waals surface area (Å²) in [6.07, 6.45) is 0. The van der Waals surface area contributed by atoms with Crippen LogP contribution in [0, 0.1) is 0 Å². The van der Waals surface area contributed by atoms with Gasteiger partial charge in [-0.05, 0) is 45.9 Å². The van der Waals surface area contributed by atoms with Gasteiger partial charge in [-0.15, -0.1) is 0 Å². The number of anilines is 2. The van der Waals surface area contributed by atoms with Crippen LogP contribution < -0.4 is 10.2 Å². The van der Waals surface area contributed by atoms with E-state index in [4.69, 9.17) is 4.74 Å². The molecule has 1 unspecified atom stereocenters. The lowest BCUT2D eigenvalue weighted by Gasteiger charge is -2.23. The van der Waals surface area contributed by atoms with Gasteiger partial charge < -0.3 is 15.0 Å². The van der Waals surface area contributed by atoms with Gasteiger partial charge in [-0.2, -0.15) is 0 Å². The van der Waals surface area contributed by atoms with Crippen LogP contribution in [0.15, 0.2) is 24.3 Å². The third-order valence-corrected chi connectivity index (χ3v) is 2.51. The number of carbonyl (C=O) groups is 1. The van der Waals surface area contributed by atoms with Gasteiger partial charge in [0.1, 0.15) is 11.6 Å². The van der Waals surface area contributed by atoms with Crippen LogP contribution in [0.4, 0.5) is 11.4 Å². The molecule has 0 radical (unpaired) electrons. The van der Waals surface area contributed by atoms with Gasteiger partial charge in [0.25, 0.3) is 0 Å². The Morgan fingerprint density at radius 3 is 2.47 bits per heavy atom. The SMILES string of the molecule is CC(Nc1cccc(N(C)C)c1)C(=O)OC(C)(C)C. The zero-order valence-corrected chi connectivity index (χ0v) is 12.7. The summed E-state index contributed by atoms with van der Waals surface area (Å²) in [4.78, 5) is 13.9. The van der Waals surface area contributed by atoms with Gasteiger partial charge in [0.2, 0.25) is 0 Å². The standard InChI is InChI=1S/C15H24N2O2/c1-11(14(18)19-15(2,3)4)16-12-8-7-9-13(10-12)17(5)6/h7-11,16H,1-6H3. The largest absolute Gasteiger partial charge is 0.458 e. The van der Waals surface area contributed by atoms with Gasteiger partial charge in [0.15, 0.2) is 0 Å². The third-order valence-electron chi connectivity index (χ3n) is 2.51. The number of ether oxygens (including phenoxy) is 1. The van der Waals surface area contributed by atoms with E-state index in [9.17, 15) is 4.79 Å². The number of hydrogen-bond donors (Lipinski definition) is 1. The van der Waals surface area contributed by atoms with Crippen molar-refractivity contribution in [2.75, 3.05) is 24.3 Å². The summed E-state index contributed by atoms with van der Waals surface area (Å²) in [6.45, 7) is 7.40. The first-order valence-electron chi connectivity index (χ1n) is 6.46.